The number of aromatic amines is 1. The molecule has 4 heteroatoms. The summed E-state index contributed by atoms with van der Waals surface area (Å²) < 4.78 is 0. The fraction of sp³-hybridized carbons (Fsp3) is 0.385. The molecule has 17 heavy (non-hydrogen) atoms. The Morgan fingerprint density at radius 1 is 1.18 bits per heavy atom. The van der Waals surface area contributed by atoms with Crippen LogP contribution in [0, 0.1) is 0 Å². The molecule has 1 aromatic heterocycles. The van der Waals surface area contributed by atoms with Crippen LogP contribution in [0.1, 0.15) is 38.0 Å². The first-order valence-corrected chi connectivity index (χ1v) is 5.71. The van der Waals surface area contributed by atoms with E-state index in [-0.39, 0.29) is 5.41 Å². The maximum absolute atomic E-state index is 5.65. The fourth-order valence-electron chi connectivity index (χ4n) is 1.54. The lowest BCUT2D eigenvalue weighted by Crippen LogP contribution is -2.13. The molecule has 0 spiro atoms. The maximum Gasteiger partial charge on any atom is 0.156 e. The zero-order valence-corrected chi connectivity index (χ0v) is 10.5. The number of nitrogen functional groups attached to an aromatic ring is 1. The molecule has 2 rings (SSSR count). The number of benzene rings is 1. The summed E-state index contributed by atoms with van der Waals surface area (Å²) >= 11 is 0. The average Bonchev–Trinajstić information content (AvgIpc) is 2.69. The van der Waals surface area contributed by atoms with Crippen LogP contribution in [0.25, 0.3) is 0 Å². The van der Waals surface area contributed by atoms with E-state index in [0.717, 1.165) is 23.8 Å². The molecular formula is C13H18N4. The summed E-state index contributed by atoms with van der Waals surface area (Å²) in [7, 11) is 0. The zero-order valence-electron chi connectivity index (χ0n) is 10.5. The molecule has 0 bridgehead atoms. The van der Waals surface area contributed by atoms with Crippen LogP contribution in [0.15, 0.2) is 24.3 Å². The van der Waals surface area contributed by atoms with Gasteiger partial charge in [-0.1, -0.05) is 32.9 Å². The number of nitrogens with zero attached hydrogens (tertiary/aromatic N) is 2. The largest absolute Gasteiger partial charge is 0.399 e. The first-order chi connectivity index (χ1) is 7.95. The number of anilines is 1. The summed E-state index contributed by atoms with van der Waals surface area (Å²) in [5, 5.41) is 7.22. The van der Waals surface area contributed by atoms with Crippen LogP contribution in [-0.2, 0) is 11.8 Å². The lowest BCUT2D eigenvalue weighted by molar-refractivity contribution is 0.548. The summed E-state index contributed by atoms with van der Waals surface area (Å²) in [5.41, 5.74) is 7.58. The summed E-state index contributed by atoms with van der Waals surface area (Å²) in [6.07, 6.45) is 0.753. The second-order valence-corrected chi connectivity index (χ2v) is 5.27. The van der Waals surface area contributed by atoms with Gasteiger partial charge in [-0.3, -0.25) is 5.10 Å². The van der Waals surface area contributed by atoms with Gasteiger partial charge in [0.2, 0.25) is 0 Å². The quantitative estimate of drug-likeness (QED) is 0.778. The lowest BCUT2D eigenvalue weighted by Gasteiger charge is -2.11. The highest BCUT2D eigenvalue weighted by Gasteiger charge is 2.19. The van der Waals surface area contributed by atoms with Crippen molar-refractivity contribution in [1.82, 2.24) is 15.2 Å². The van der Waals surface area contributed by atoms with Crippen molar-refractivity contribution in [3.8, 4) is 0 Å². The number of aromatic nitrogens is 3. The van der Waals surface area contributed by atoms with Crippen molar-refractivity contribution < 1.29 is 0 Å². The molecule has 4 nitrogen and oxygen atoms in total. The minimum Gasteiger partial charge on any atom is -0.399 e. The number of H-pyrrole nitrogens is 1. The topological polar surface area (TPSA) is 67.6 Å². The number of hydrogen-bond acceptors (Lipinski definition) is 3. The van der Waals surface area contributed by atoms with Gasteiger partial charge in [0, 0.05) is 17.5 Å². The SMILES string of the molecule is CC(C)(C)c1n[nH]c(Cc2ccc(N)cc2)n1. The van der Waals surface area contributed by atoms with Gasteiger partial charge in [-0.15, -0.1) is 0 Å². The average molecular weight is 230 g/mol. The minimum absolute atomic E-state index is 0.0180. The molecule has 0 saturated carbocycles. The van der Waals surface area contributed by atoms with Gasteiger partial charge in [0.05, 0.1) is 0 Å². The third-order valence-corrected chi connectivity index (χ3v) is 2.55. The van der Waals surface area contributed by atoms with Crippen molar-refractivity contribution in [2.24, 2.45) is 0 Å². The summed E-state index contributed by atoms with van der Waals surface area (Å²) in [4.78, 5) is 4.50. The van der Waals surface area contributed by atoms with Crippen molar-refractivity contribution in [3.05, 3.63) is 41.5 Å². The molecule has 0 unspecified atom stereocenters. The van der Waals surface area contributed by atoms with E-state index in [2.05, 4.69) is 36.0 Å². The van der Waals surface area contributed by atoms with E-state index in [0.29, 0.717) is 0 Å². The Morgan fingerprint density at radius 3 is 2.35 bits per heavy atom. The van der Waals surface area contributed by atoms with Gasteiger partial charge in [0.15, 0.2) is 5.82 Å². The highest BCUT2D eigenvalue weighted by molar-refractivity contribution is 5.39. The van der Waals surface area contributed by atoms with E-state index in [1.807, 2.05) is 24.3 Å². The summed E-state index contributed by atoms with van der Waals surface area (Å²) in [6.45, 7) is 6.30. The maximum atomic E-state index is 5.65. The Balaban J connectivity index is 2.14. The smallest absolute Gasteiger partial charge is 0.156 e. The fourth-order valence-corrected chi connectivity index (χ4v) is 1.54. The van der Waals surface area contributed by atoms with Crippen molar-refractivity contribution in [1.29, 1.82) is 0 Å². The van der Waals surface area contributed by atoms with Crippen LogP contribution >= 0.6 is 0 Å². The molecule has 3 N–H and O–H groups in total. The van der Waals surface area contributed by atoms with Gasteiger partial charge < -0.3 is 5.73 Å². The molecule has 1 aromatic carbocycles. The van der Waals surface area contributed by atoms with E-state index in [1.165, 1.54) is 5.56 Å². The van der Waals surface area contributed by atoms with Crippen LogP contribution in [-0.4, -0.2) is 15.2 Å². The molecule has 0 aliphatic heterocycles. The van der Waals surface area contributed by atoms with Crippen molar-refractivity contribution >= 4 is 5.69 Å². The van der Waals surface area contributed by atoms with E-state index >= 15 is 0 Å². The molecule has 1 heterocycles. The van der Waals surface area contributed by atoms with Gasteiger partial charge in [-0.05, 0) is 17.7 Å². The molecule has 0 aliphatic rings. The van der Waals surface area contributed by atoms with Gasteiger partial charge in [-0.2, -0.15) is 5.10 Å². The molecular weight excluding hydrogens is 212 g/mol. The first kappa shape index (κ1) is 11.6. The van der Waals surface area contributed by atoms with Crippen LogP contribution in [0.2, 0.25) is 0 Å². The van der Waals surface area contributed by atoms with Crippen molar-refractivity contribution in [2.75, 3.05) is 5.73 Å². The normalized spacial score (nSPS) is 11.7. The molecule has 0 atom stereocenters. The van der Waals surface area contributed by atoms with Crippen LogP contribution in [0.5, 0.6) is 0 Å². The summed E-state index contributed by atoms with van der Waals surface area (Å²) in [5.74, 6) is 1.74. The van der Waals surface area contributed by atoms with Crippen LogP contribution in [0.4, 0.5) is 5.69 Å². The molecule has 0 aliphatic carbocycles. The van der Waals surface area contributed by atoms with E-state index in [4.69, 9.17) is 5.73 Å². The third kappa shape index (κ3) is 2.84. The third-order valence-electron chi connectivity index (χ3n) is 2.55. The monoisotopic (exact) mass is 230 g/mol. The van der Waals surface area contributed by atoms with E-state index < -0.39 is 0 Å². The molecule has 0 saturated heterocycles. The standard InChI is InChI=1S/C13H18N4/c1-13(2,3)12-15-11(16-17-12)8-9-4-6-10(14)7-5-9/h4-7H,8,14H2,1-3H3,(H,15,16,17). The van der Waals surface area contributed by atoms with Gasteiger partial charge >= 0.3 is 0 Å². The molecule has 0 amide bonds. The molecule has 90 valence electrons. The Labute approximate surface area is 101 Å². The minimum atomic E-state index is -0.0180. The Kier molecular flexibility index (Phi) is 2.88. The van der Waals surface area contributed by atoms with Crippen molar-refractivity contribution in [2.45, 2.75) is 32.6 Å². The van der Waals surface area contributed by atoms with Gasteiger partial charge in [-0.25, -0.2) is 4.98 Å². The highest BCUT2D eigenvalue weighted by Crippen LogP contribution is 2.18. The molecule has 0 fully saturated rings. The first-order valence-electron chi connectivity index (χ1n) is 5.71. The van der Waals surface area contributed by atoms with Crippen LogP contribution in [0.3, 0.4) is 0 Å². The summed E-state index contributed by atoms with van der Waals surface area (Å²) in [6, 6.07) is 7.82. The van der Waals surface area contributed by atoms with Gasteiger partial charge in [0.1, 0.15) is 5.82 Å². The van der Waals surface area contributed by atoms with Gasteiger partial charge in [0.25, 0.3) is 0 Å². The zero-order chi connectivity index (χ0) is 12.5. The van der Waals surface area contributed by atoms with Crippen LogP contribution < -0.4 is 5.73 Å². The predicted octanol–water partition coefficient (Wildman–Crippen LogP) is 2.28. The lowest BCUT2D eigenvalue weighted by atomic mass is 9.96. The number of nitrogens with one attached hydrogen (secondary N) is 1. The molecule has 2 aromatic rings. The molecule has 0 radical (unpaired) electrons. The van der Waals surface area contributed by atoms with E-state index in [1.54, 1.807) is 0 Å². The second-order valence-electron chi connectivity index (χ2n) is 5.27. The van der Waals surface area contributed by atoms with Crippen molar-refractivity contribution in [3.63, 3.8) is 0 Å². The Hall–Kier alpha value is -1.84. The number of hydrogen-bond donors (Lipinski definition) is 2. The second kappa shape index (κ2) is 4.20. The number of nitrogens with two attached hydrogens (primary N) is 1. The highest BCUT2D eigenvalue weighted by atomic mass is 15.2. The van der Waals surface area contributed by atoms with E-state index in [9.17, 15) is 0 Å². The Bertz CT molecular complexity index is 491. The Morgan fingerprint density at radius 2 is 1.82 bits per heavy atom. The number of rotatable bonds is 2. The predicted molar refractivity (Wildman–Crippen MR) is 68.7 cm³/mol.